The van der Waals surface area contributed by atoms with Crippen LogP contribution >= 0.6 is 0 Å². The van der Waals surface area contributed by atoms with Gasteiger partial charge in [-0.05, 0) is 76.2 Å². The molecule has 5 aliphatic rings. The third kappa shape index (κ3) is 1.76. The van der Waals surface area contributed by atoms with Crippen molar-refractivity contribution < 1.29 is 0 Å². The minimum absolute atomic E-state index is 0.625. The van der Waals surface area contributed by atoms with Gasteiger partial charge in [0, 0.05) is 24.7 Å². The molecule has 1 aliphatic heterocycles. The molecule has 4 saturated carbocycles. The van der Waals surface area contributed by atoms with E-state index in [4.69, 9.17) is 0 Å². The average molecular weight is 248 g/mol. The van der Waals surface area contributed by atoms with Gasteiger partial charge in [-0.3, -0.25) is 4.90 Å². The summed E-state index contributed by atoms with van der Waals surface area (Å²) in [5, 5.41) is 3.62. The Morgan fingerprint density at radius 3 is 2.22 bits per heavy atom. The molecule has 1 unspecified atom stereocenters. The first-order valence-corrected chi connectivity index (χ1v) is 8.23. The van der Waals surface area contributed by atoms with Gasteiger partial charge in [-0.1, -0.05) is 0 Å². The van der Waals surface area contributed by atoms with Gasteiger partial charge < -0.3 is 5.32 Å². The van der Waals surface area contributed by atoms with Crippen molar-refractivity contribution in [3.8, 4) is 0 Å². The monoisotopic (exact) mass is 248 g/mol. The van der Waals surface area contributed by atoms with E-state index in [2.05, 4.69) is 17.1 Å². The van der Waals surface area contributed by atoms with Crippen LogP contribution in [0.4, 0.5) is 0 Å². The fourth-order valence-corrected chi connectivity index (χ4v) is 6.14. The quantitative estimate of drug-likeness (QED) is 0.767. The van der Waals surface area contributed by atoms with Crippen molar-refractivity contribution in [3.05, 3.63) is 0 Å². The second kappa shape index (κ2) is 4.21. The summed E-state index contributed by atoms with van der Waals surface area (Å²) in [6.07, 6.45) is 10.7. The van der Waals surface area contributed by atoms with Gasteiger partial charge in [-0.2, -0.15) is 0 Å². The van der Waals surface area contributed by atoms with Crippen molar-refractivity contribution in [1.82, 2.24) is 10.2 Å². The lowest BCUT2D eigenvalue weighted by Crippen LogP contribution is -2.62. The summed E-state index contributed by atoms with van der Waals surface area (Å²) in [5.74, 6) is 3.25. The normalized spacial score (nSPS) is 52.5. The predicted molar refractivity (Wildman–Crippen MR) is 74.6 cm³/mol. The van der Waals surface area contributed by atoms with Gasteiger partial charge in [0.1, 0.15) is 0 Å². The number of nitrogens with one attached hydrogen (secondary N) is 1. The summed E-state index contributed by atoms with van der Waals surface area (Å²) in [5.41, 5.74) is 0.625. The van der Waals surface area contributed by atoms with E-state index in [1.165, 1.54) is 45.3 Å². The van der Waals surface area contributed by atoms with Crippen LogP contribution in [0.15, 0.2) is 0 Å². The zero-order valence-electron chi connectivity index (χ0n) is 11.8. The Morgan fingerprint density at radius 2 is 1.61 bits per heavy atom. The number of rotatable bonds is 1. The Balaban J connectivity index is 1.62. The van der Waals surface area contributed by atoms with Gasteiger partial charge in [0.25, 0.3) is 0 Å². The third-order valence-electron chi connectivity index (χ3n) is 6.34. The molecule has 1 atom stereocenters. The fourth-order valence-electron chi connectivity index (χ4n) is 6.14. The first-order valence-electron chi connectivity index (χ1n) is 8.23. The van der Waals surface area contributed by atoms with Crippen molar-refractivity contribution in [2.24, 2.45) is 17.8 Å². The zero-order chi connectivity index (χ0) is 12.2. The van der Waals surface area contributed by atoms with E-state index in [-0.39, 0.29) is 0 Å². The molecular weight excluding hydrogens is 220 g/mol. The van der Waals surface area contributed by atoms with Gasteiger partial charge in [0.2, 0.25) is 0 Å². The molecule has 0 aromatic heterocycles. The van der Waals surface area contributed by atoms with Crippen LogP contribution in [-0.4, -0.2) is 36.1 Å². The molecule has 0 aromatic carbocycles. The SMILES string of the molecule is CC1CNCCCN1C12CC3CC(CC(C3)C1)C2. The van der Waals surface area contributed by atoms with E-state index < -0.39 is 0 Å². The molecule has 102 valence electrons. The van der Waals surface area contributed by atoms with Gasteiger partial charge in [0.05, 0.1) is 0 Å². The molecule has 4 bridgehead atoms. The topological polar surface area (TPSA) is 15.3 Å². The van der Waals surface area contributed by atoms with Crippen LogP contribution in [-0.2, 0) is 0 Å². The van der Waals surface area contributed by atoms with E-state index >= 15 is 0 Å². The Labute approximate surface area is 111 Å². The minimum atomic E-state index is 0.625. The first kappa shape index (κ1) is 11.7. The van der Waals surface area contributed by atoms with E-state index in [0.717, 1.165) is 23.8 Å². The van der Waals surface area contributed by atoms with Crippen LogP contribution in [0.25, 0.3) is 0 Å². The molecule has 1 heterocycles. The molecule has 2 nitrogen and oxygen atoms in total. The molecular formula is C16H28N2. The molecule has 0 spiro atoms. The average Bonchev–Trinajstić information content (AvgIpc) is 2.52. The highest BCUT2D eigenvalue weighted by atomic mass is 15.3. The number of hydrogen-bond donors (Lipinski definition) is 1. The van der Waals surface area contributed by atoms with Crippen LogP contribution in [0.3, 0.4) is 0 Å². The second-order valence-corrected chi connectivity index (χ2v) is 7.74. The van der Waals surface area contributed by atoms with Crippen molar-refractivity contribution in [2.75, 3.05) is 19.6 Å². The van der Waals surface area contributed by atoms with Crippen LogP contribution in [0.5, 0.6) is 0 Å². The zero-order valence-corrected chi connectivity index (χ0v) is 11.8. The Kier molecular flexibility index (Phi) is 2.74. The summed E-state index contributed by atoms with van der Waals surface area (Å²) in [7, 11) is 0. The molecule has 0 radical (unpaired) electrons. The maximum atomic E-state index is 3.62. The predicted octanol–water partition coefficient (Wildman–Crippen LogP) is 2.64. The maximum Gasteiger partial charge on any atom is 0.0220 e. The molecule has 1 saturated heterocycles. The molecule has 2 heteroatoms. The molecule has 1 N–H and O–H groups in total. The van der Waals surface area contributed by atoms with E-state index in [0.29, 0.717) is 5.54 Å². The molecule has 5 fully saturated rings. The number of hydrogen-bond acceptors (Lipinski definition) is 2. The van der Waals surface area contributed by atoms with Gasteiger partial charge in [-0.25, -0.2) is 0 Å². The Morgan fingerprint density at radius 1 is 1.00 bits per heavy atom. The van der Waals surface area contributed by atoms with Gasteiger partial charge in [-0.15, -0.1) is 0 Å². The molecule has 0 amide bonds. The van der Waals surface area contributed by atoms with Crippen LogP contribution in [0, 0.1) is 17.8 Å². The lowest BCUT2D eigenvalue weighted by Gasteiger charge is -2.61. The third-order valence-corrected chi connectivity index (χ3v) is 6.34. The van der Waals surface area contributed by atoms with Crippen LogP contribution in [0.1, 0.15) is 51.9 Å². The fraction of sp³-hybridized carbons (Fsp3) is 1.00. The van der Waals surface area contributed by atoms with Crippen molar-refractivity contribution >= 4 is 0 Å². The lowest BCUT2D eigenvalue weighted by atomic mass is 9.52. The lowest BCUT2D eigenvalue weighted by molar-refractivity contribution is -0.0995. The van der Waals surface area contributed by atoms with Gasteiger partial charge >= 0.3 is 0 Å². The highest BCUT2D eigenvalue weighted by molar-refractivity contribution is 5.08. The van der Waals surface area contributed by atoms with Crippen molar-refractivity contribution in [1.29, 1.82) is 0 Å². The summed E-state index contributed by atoms with van der Waals surface area (Å²) >= 11 is 0. The second-order valence-electron chi connectivity index (χ2n) is 7.74. The van der Waals surface area contributed by atoms with Crippen LogP contribution < -0.4 is 5.32 Å². The standard InChI is InChI=1S/C16H28N2/c1-12-11-17-3-2-4-18(12)16-8-13-5-14(9-16)7-15(6-13)10-16/h12-15,17H,2-11H2,1H3. The van der Waals surface area contributed by atoms with Crippen molar-refractivity contribution in [3.63, 3.8) is 0 Å². The van der Waals surface area contributed by atoms with E-state index in [1.807, 2.05) is 0 Å². The maximum absolute atomic E-state index is 3.62. The summed E-state index contributed by atoms with van der Waals surface area (Å²) < 4.78 is 0. The first-order chi connectivity index (χ1) is 8.75. The summed E-state index contributed by atoms with van der Waals surface area (Å²) in [4.78, 5) is 2.94. The smallest absolute Gasteiger partial charge is 0.0220 e. The Bertz CT molecular complexity index is 290. The van der Waals surface area contributed by atoms with E-state index in [1.54, 1.807) is 19.3 Å². The van der Waals surface area contributed by atoms with Crippen molar-refractivity contribution in [2.45, 2.75) is 63.5 Å². The molecule has 18 heavy (non-hydrogen) atoms. The van der Waals surface area contributed by atoms with Crippen LogP contribution in [0.2, 0.25) is 0 Å². The minimum Gasteiger partial charge on any atom is -0.315 e. The Hall–Kier alpha value is -0.0800. The highest BCUT2D eigenvalue weighted by Crippen LogP contribution is 2.58. The van der Waals surface area contributed by atoms with Gasteiger partial charge in [0.15, 0.2) is 0 Å². The summed E-state index contributed by atoms with van der Waals surface area (Å²) in [6.45, 7) is 6.24. The summed E-state index contributed by atoms with van der Waals surface area (Å²) in [6, 6.07) is 0.753. The number of nitrogens with zero attached hydrogens (tertiary/aromatic N) is 1. The highest BCUT2D eigenvalue weighted by Gasteiger charge is 2.54. The molecule has 5 rings (SSSR count). The van der Waals surface area contributed by atoms with E-state index in [9.17, 15) is 0 Å². The molecule has 0 aromatic rings. The largest absolute Gasteiger partial charge is 0.315 e. The molecule has 4 aliphatic carbocycles.